The number of benzene rings is 3. The summed E-state index contributed by atoms with van der Waals surface area (Å²) in [6.07, 6.45) is -1.72. The molecule has 0 aliphatic heterocycles. The summed E-state index contributed by atoms with van der Waals surface area (Å²) in [5, 5.41) is 30.6. The highest BCUT2D eigenvalue weighted by atomic mass is 32.2. The molecule has 5 N–H and O–H groups in total. The SMILES string of the molecule is O=C(O)c1cccc(Nc2nc3ccccc3nc2NS(=O)(=O)c2ccc(C(O)O)cc2)c1. The maximum absolute atomic E-state index is 13.0. The molecule has 0 saturated carbocycles. The van der Waals surface area contributed by atoms with Crippen LogP contribution in [0.25, 0.3) is 11.0 Å². The van der Waals surface area contributed by atoms with E-state index in [0.717, 1.165) is 0 Å². The predicted octanol–water partition coefficient (Wildman–Crippen LogP) is 2.86. The van der Waals surface area contributed by atoms with Gasteiger partial charge in [-0.1, -0.05) is 30.3 Å². The van der Waals surface area contributed by atoms with Crippen molar-refractivity contribution in [1.82, 2.24) is 9.97 Å². The van der Waals surface area contributed by atoms with Crippen molar-refractivity contribution >= 4 is 44.3 Å². The van der Waals surface area contributed by atoms with Crippen LogP contribution in [0.4, 0.5) is 17.3 Å². The van der Waals surface area contributed by atoms with E-state index < -0.39 is 22.3 Å². The number of aromatic carboxylic acids is 1. The van der Waals surface area contributed by atoms with E-state index in [2.05, 4.69) is 20.0 Å². The summed E-state index contributed by atoms with van der Waals surface area (Å²) in [6.45, 7) is 0. The lowest BCUT2D eigenvalue weighted by Crippen LogP contribution is -2.16. The molecule has 0 saturated heterocycles. The molecular formula is C22H18N4O6S. The first-order valence-corrected chi connectivity index (χ1v) is 11.1. The summed E-state index contributed by atoms with van der Waals surface area (Å²) in [7, 11) is -4.11. The minimum absolute atomic E-state index is 0.0436. The van der Waals surface area contributed by atoms with Gasteiger partial charge in [-0.25, -0.2) is 23.2 Å². The quantitative estimate of drug-likeness (QED) is 0.258. The van der Waals surface area contributed by atoms with Crippen LogP contribution in [-0.4, -0.2) is 39.7 Å². The van der Waals surface area contributed by atoms with Gasteiger partial charge in [0.1, 0.15) is 0 Å². The molecule has 11 heteroatoms. The molecule has 10 nitrogen and oxygen atoms in total. The monoisotopic (exact) mass is 466 g/mol. The van der Waals surface area contributed by atoms with E-state index in [0.29, 0.717) is 16.7 Å². The number of carboxylic acid groups (broad SMARTS) is 1. The van der Waals surface area contributed by atoms with Gasteiger partial charge in [0.15, 0.2) is 17.9 Å². The van der Waals surface area contributed by atoms with Gasteiger partial charge in [-0.3, -0.25) is 4.72 Å². The number of nitrogens with zero attached hydrogens (tertiary/aromatic N) is 2. The maximum atomic E-state index is 13.0. The molecule has 0 aliphatic carbocycles. The van der Waals surface area contributed by atoms with Crippen molar-refractivity contribution in [1.29, 1.82) is 0 Å². The molecule has 0 bridgehead atoms. The zero-order chi connectivity index (χ0) is 23.6. The first kappa shape index (κ1) is 22.1. The van der Waals surface area contributed by atoms with Crippen molar-refractivity contribution in [2.24, 2.45) is 0 Å². The predicted molar refractivity (Wildman–Crippen MR) is 121 cm³/mol. The van der Waals surface area contributed by atoms with Crippen molar-refractivity contribution in [2.45, 2.75) is 11.2 Å². The molecule has 0 amide bonds. The molecule has 1 heterocycles. The van der Waals surface area contributed by atoms with Crippen LogP contribution >= 0.6 is 0 Å². The van der Waals surface area contributed by atoms with Gasteiger partial charge >= 0.3 is 5.97 Å². The normalized spacial score (nSPS) is 11.5. The number of anilines is 3. The largest absolute Gasteiger partial charge is 0.478 e. The molecule has 3 aromatic carbocycles. The van der Waals surface area contributed by atoms with Crippen molar-refractivity contribution in [3.05, 3.63) is 83.9 Å². The van der Waals surface area contributed by atoms with E-state index in [9.17, 15) is 28.5 Å². The fraction of sp³-hybridized carbons (Fsp3) is 0.0455. The number of para-hydroxylation sites is 2. The number of rotatable bonds is 7. The van der Waals surface area contributed by atoms with Gasteiger partial charge in [-0.15, -0.1) is 0 Å². The second-order valence-corrected chi connectivity index (χ2v) is 8.65. The third kappa shape index (κ3) is 4.90. The van der Waals surface area contributed by atoms with E-state index in [4.69, 9.17) is 0 Å². The zero-order valence-corrected chi connectivity index (χ0v) is 17.7. The number of fused-ring (bicyclic) bond motifs is 1. The summed E-state index contributed by atoms with van der Waals surface area (Å²) in [5.74, 6) is -1.14. The van der Waals surface area contributed by atoms with E-state index in [1.54, 1.807) is 36.4 Å². The van der Waals surface area contributed by atoms with Crippen LogP contribution in [0.15, 0.2) is 77.7 Å². The number of aliphatic hydroxyl groups is 2. The van der Waals surface area contributed by atoms with Gasteiger partial charge in [0.2, 0.25) is 0 Å². The minimum Gasteiger partial charge on any atom is -0.478 e. The van der Waals surface area contributed by atoms with E-state index >= 15 is 0 Å². The highest BCUT2D eigenvalue weighted by molar-refractivity contribution is 7.92. The topological polar surface area (TPSA) is 162 Å². The number of hydrogen-bond donors (Lipinski definition) is 5. The number of aliphatic hydroxyl groups excluding tert-OH is 1. The number of sulfonamides is 1. The lowest BCUT2D eigenvalue weighted by Gasteiger charge is -2.14. The fourth-order valence-corrected chi connectivity index (χ4v) is 4.04. The molecule has 168 valence electrons. The van der Waals surface area contributed by atoms with E-state index in [-0.39, 0.29) is 27.7 Å². The Morgan fingerprint density at radius 2 is 1.48 bits per heavy atom. The van der Waals surface area contributed by atoms with Gasteiger partial charge in [0, 0.05) is 11.3 Å². The third-order valence-electron chi connectivity index (χ3n) is 4.66. The Morgan fingerprint density at radius 3 is 2.09 bits per heavy atom. The summed E-state index contributed by atoms with van der Waals surface area (Å²) in [4.78, 5) is 20.0. The van der Waals surface area contributed by atoms with Crippen molar-refractivity contribution in [2.75, 3.05) is 10.0 Å². The van der Waals surface area contributed by atoms with Crippen molar-refractivity contribution < 1.29 is 28.5 Å². The Kier molecular flexibility index (Phi) is 5.92. The summed E-state index contributed by atoms with van der Waals surface area (Å²) in [5.41, 5.74) is 1.50. The molecule has 4 rings (SSSR count). The minimum atomic E-state index is -4.11. The Morgan fingerprint density at radius 1 is 0.848 bits per heavy atom. The standard InChI is InChI=1S/C22H18N4O6S/c27-21(28)13-8-10-16(11-9-13)33(31,32)26-20-19(24-17-6-1-2-7-18(17)25-20)23-15-5-3-4-14(12-15)22(29)30/h1-12,21,27-28H,(H,23,24)(H,25,26)(H,29,30). The Bertz CT molecular complexity index is 1440. The molecule has 0 radical (unpaired) electrons. The highest BCUT2D eigenvalue weighted by Crippen LogP contribution is 2.27. The van der Waals surface area contributed by atoms with Crippen molar-refractivity contribution in [3.8, 4) is 0 Å². The van der Waals surface area contributed by atoms with Crippen LogP contribution < -0.4 is 10.0 Å². The average molecular weight is 466 g/mol. The molecule has 0 atom stereocenters. The first-order chi connectivity index (χ1) is 15.7. The number of aromatic nitrogens is 2. The molecule has 1 aromatic heterocycles. The first-order valence-electron chi connectivity index (χ1n) is 9.59. The third-order valence-corrected chi connectivity index (χ3v) is 6.02. The lowest BCUT2D eigenvalue weighted by atomic mass is 10.2. The molecule has 0 aliphatic rings. The maximum Gasteiger partial charge on any atom is 0.335 e. The number of carbonyl (C=O) groups is 1. The van der Waals surface area contributed by atoms with Gasteiger partial charge < -0.3 is 20.6 Å². The van der Waals surface area contributed by atoms with Gasteiger partial charge in [0.25, 0.3) is 10.0 Å². The molecule has 0 unspecified atom stereocenters. The summed E-state index contributed by atoms with van der Waals surface area (Å²) < 4.78 is 28.3. The van der Waals surface area contributed by atoms with Crippen LogP contribution in [0.1, 0.15) is 22.2 Å². The van der Waals surface area contributed by atoms with Gasteiger partial charge in [0.05, 0.1) is 21.5 Å². The molecule has 4 aromatic rings. The smallest absolute Gasteiger partial charge is 0.335 e. The number of carboxylic acids is 1. The van der Waals surface area contributed by atoms with Crippen molar-refractivity contribution in [3.63, 3.8) is 0 Å². The Labute approximate surface area is 188 Å². The second-order valence-electron chi connectivity index (χ2n) is 6.97. The Hall–Kier alpha value is -4.06. The van der Waals surface area contributed by atoms with Crippen LogP contribution in [0.3, 0.4) is 0 Å². The van der Waals surface area contributed by atoms with E-state index in [1.165, 1.54) is 36.4 Å². The summed E-state index contributed by atoms with van der Waals surface area (Å²) >= 11 is 0. The summed E-state index contributed by atoms with van der Waals surface area (Å²) in [6, 6.07) is 17.9. The highest BCUT2D eigenvalue weighted by Gasteiger charge is 2.20. The Balaban J connectivity index is 1.74. The fourth-order valence-electron chi connectivity index (χ4n) is 3.03. The van der Waals surface area contributed by atoms with Gasteiger partial charge in [-0.2, -0.15) is 0 Å². The molecule has 33 heavy (non-hydrogen) atoms. The van der Waals surface area contributed by atoms with Crippen LogP contribution in [0.2, 0.25) is 0 Å². The van der Waals surface area contributed by atoms with Gasteiger partial charge in [-0.05, 0) is 42.5 Å². The lowest BCUT2D eigenvalue weighted by molar-refractivity contribution is -0.0425. The second kappa shape index (κ2) is 8.82. The molecular weight excluding hydrogens is 448 g/mol. The van der Waals surface area contributed by atoms with Crippen LogP contribution in [0.5, 0.6) is 0 Å². The number of hydrogen-bond acceptors (Lipinski definition) is 8. The molecule has 0 fully saturated rings. The average Bonchev–Trinajstić information content (AvgIpc) is 2.79. The zero-order valence-electron chi connectivity index (χ0n) is 16.9. The van der Waals surface area contributed by atoms with Crippen LogP contribution in [0, 0.1) is 0 Å². The van der Waals surface area contributed by atoms with E-state index in [1.807, 2.05) is 0 Å². The number of nitrogens with one attached hydrogen (secondary N) is 2. The molecule has 0 spiro atoms. The van der Waals surface area contributed by atoms with Crippen LogP contribution in [-0.2, 0) is 10.0 Å².